The summed E-state index contributed by atoms with van der Waals surface area (Å²) in [7, 11) is 1.85. The zero-order valence-electron chi connectivity index (χ0n) is 14.3. The smallest absolute Gasteiger partial charge is 0.334 e. The highest BCUT2D eigenvalue weighted by Crippen LogP contribution is 2.34. The quantitative estimate of drug-likeness (QED) is 0.723. The lowest BCUT2D eigenvalue weighted by Crippen LogP contribution is -2.24. The Morgan fingerprint density at radius 1 is 1.04 bits per heavy atom. The molecular weight excluding hydrogens is 343 g/mol. The van der Waals surface area contributed by atoms with Crippen LogP contribution in [0.25, 0.3) is 22.6 Å². The van der Waals surface area contributed by atoms with Crippen LogP contribution in [-0.2, 0) is 12.6 Å². The lowest BCUT2D eigenvalue weighted by molar-refractivity contribution is -0.137. The van der Waals surface area contributed by atoms with Crippen molar-refractivity contribution in [2.45, 2.75) is 25.6 Å². The number of nitrogens with one attached hydrogen (secondary N) is 1. The molecule has 0 radical (unpaired) electrons. The number of nitrogens with zero attached hydrogens (tertiary/aromatic N) is 2. The van der Waals surface area contributed by atoms with Crippen LogP contribution in [0, 0.1) is 0 Å². The van der Waals surface area contributed by atoms with Gasteiger partial charge < -0.3 is 9.84 Å². The monoisotopic (exact) mass is 361 g/mol. The fourth-order valence-corrected chi connectivity index (χ4v) is 2.58. The molecule has 0 aliphatic heterocycles. The molecule has 1 aromatic heterocycles. The summed E-state index contributed by atoms with van der Waals surface area (Å²) in [6.45, 7) is 2.01. The van der Waals surface area contributed by atoms with E-state index in [4.69, 9.17) is 4.52 Å². The topological polar surface area (TPSA) is 51.0 Å². The highest BCUT2D eigenvalue weighted by molar-refractivity contribution is 5.79. The second-order valence-electron chi connectivity index (χ2n) is 6.03. The molecule has 0 saturated carbocycles. The standard InChI is InChI=1S/C19H18F3N3O/c1-12(23-2)11-17-24-18(26-25-17)16-6-4-3-5-15(16)13-7-9-14(10-8-13)19(20,21)22/h3-10,12,23H,11H2,1-2H3. The van der Waals surface area contributed by atoms with Gasteiger partial charge in [0.2, 0.25) is 0 Å². The van der Waals surface area contributed by atoms with E-state index in [1.165, 1.54) is 12.1 Å². The van der Waals surface area contributed by atoms with Crippen LogP contribution < -0.4 is 5.32 Å². The van der Waals surface area contributed by atoms with Crippen molar-refractivity contribution in [3.8, 4) is 22.6 Å². The lowest BCUT2D eigenvalue weighted by Gasteiger charge is -2.09. The number of hydrogen-bond acceptors (Lipinski definition) is 4. The van der Waals surface area contributed by atoms with Crippen LogP contribution in [0.2, 0.25) is 0 Å². The van der Waals surface area contributed by atoms with Crippen molar-refractivity contribution in [3.05, 3.63) is 59.9 Å². The molecule has 26 heavy (non-hydrogen) atoms. The van der Waals surface area contributed by atoms with Crippen molar-refractivity contribution in [1.29, 1.82) is 0 Å². The Kier molecular flexibility index (Phi) is 5.08. The molecular formula is C19H18F3N3O. The van der Waals surface area contributed by atoms with E-state index in [1.807, 2.05) is 38.2 Å². The van der Waals surface area contributed by atoms with E-state index < -0.39 is 11.7 Å². The van der Waals surface area contributed by atoms with Crippen LogP contribution in [0.3, 0.4) is 0 Å². The van der Waals surface area contributed by atoms with Crippen molar-refractivity contribution in [3.63, 3.8) is 0 Å². The van der Waals surface area contributed by atoms with E-state index in [2.05, 4.69) is 15.5 Å². The molecule has 3 rings (SSSR count). The largest absolute Gasteiger partial charge is 0.416 e. The molecule has 1 atom stereocenters. The average Bonchev–Trinajstić information content (AvgIpc) is 3.09. The third kappa shape index (κ3) is 3.94. The maximum Gasteiger partial charge on any atom is 0.416 e. The molecule has 0 saturated heterocycles. The highest BCUT2D eigenvalue weighted by atomic mass is 19.4. The van der Waals surface area contributed by atoms with Gasteiger partial charge in [0.05, 0.1) is 5.56 Å². The molecule has 1 N–H and O–H groups in total. The first-order chi connectivity index (χ1) is 12.4. The number of benzene rings is 2. The first-order valence-electron chi connectivity index (χ1n) is 8.15. The number of rotatable bonds is 5. The second kappa shape index (κ2) is 7.29. The predicted octanol–water partition coefficient (Wildman–Crippen LogP) is 4.57. The van der Waals surface area contributed by atoms with Gasteiger partial charge in [0.15, 0.2) is 5.82 Å². The third-order valence-electron chi connectivity index (χ3n) is 4.13. The van der Waals surface area contributed by atoms with Crippen LogP contribution in [0.1, 0.15) is 18.3 Å². The summed E-state index contributed by atoms with van der Waals surface area (Å²) >= 11 is 0. The summed E-state index contributed by atoms with van der Waals surface area (Å²) in [5.41, 5.74) is 1.39. The summed E-state index contributed by atoms with van der Waals surface area (Å²) in [6.07, 6.45) is -3.74. The summed E-state index contributed by atoms with van der Waals surface area (Å²) < 4.78 is 43.7. The number of likely N-dealkylation sites (N-methyl/N-ethyl adjacent to an activating group) is 1. The maximum absolute atomic E-state index is 12.8. The Balaban J connectivity index is 1.94. The van der Waals surface area contributed by atoms with E-state index >= 15 is 0 Å². The second-order valence-corrected chi connectivity index (χ2v) is 6.03. The van der Waals surface area contributed by atoms with Gasteiger partial charge in [-0.25, -0.2) is 0 Å². The van der Waals surface area contributed by atoms with Crippen LogP contribution in [-0.4, -0.2) is 23.2 Å². The Hall–Kier alpha value is -2.67. The maximum atomic E-state index is 12.8. The predicted molar refractivity (Wildman–Crippen MR) is 92.4 cm³/mol. The summed E-state index contributed by atoms with van der Waals surface area (Å²) in [4.78, 5) is 4.41. The summed E-state index contributed by atoms with van der Waals surface area (Å²) in [5.74, 6) is 0.919. The molecule has 136 valence electrons. The van der Waals surface area contributed by atoms with Gasteiger partial charge >= 0.3 is 6.18 Å². The molecule has 0 aliphatic carbocycles. The highest BCUT2D eigenvalue weighted by Gasteiger charge is 2.30. The molecule has 0 bridgehead atoms. The minimum Gasteiger partial charge on any atom is -0.334 e. The average molecular weight is 361 g/mol. The first kappa shape index (κ1) is 18.1. The first-order valence-corrected chi connectivity index (χ1v) is 8.15. The third-order valence-corrected chi connectivity index (χ3v) is 4.13. The van der Waals surface area contributed by atoms with Gasteiger partial charge in [0, 0.05) is 18.0 Å². The molecule has 2 aromatic carbocycles. The number of halogens is 3. The van der Waals surface area contributed by atoms with Crippen molar-refractivity contribution in [1.82, 2.24) is 15.5 Å². The van der Waals surface area contributed by atoms with Gasteiger partial charge in [-0.2, -0.15) is 18.2 Å². The summed E-state index contributed by atoms with van der Waals surface area (Å²) in [6, 6.07) is 12.5. The zero-order chi connectivity index (χ0) is 18.7. The number of hydrogen-bond donors (Lipinski definition) is 1. The minimum absolute atomic E-state index is 0.200. The minimum atomic E-state index is -4.36. The van der Waals surface area contributed by atoms with Gasteiger partial charge in [-0.15, -0.1) is 0 Å². The van der Waals surface area contributed by atoms with E-state index in [1.54, 1.807) is 0 Å². The normalized spacial score (nSPS) is 13.0. The van der Waals surface area contributed by atoms with E-state index in [0.29, 0.717) is 29.3 Å². The summed E-state index contributed by atoms with van der Waals surface area (Å²) in [5, 5.41) is 7.09. The van der Waals surface area contributed by atoms with Crippen LogP contribution in [0.4, 0.5) is 13.2 Å². The Bertz CT molecular complexity index is 872. The Morgan fingerprint density at radius 3 is 2.31 bits per heavy atom. The van der Waals surface area contributed by atoms with Gasteiger partial charge in [-0.05, 0) is 43.3 Å². The van der Waals surface area contributed by atoms with Gasteiger partial charge in [-0.1, -0.05) is 35.5 Å². The molecule has 1 unspecified atom stereocenters. The molecule has 7 heteroatoms. The Morgan fingerprint density at radius 2 is 1.69 bits per heavy atom. The number of aromatic nitrogens is 2. The van der Waals surface area contributed by atoms with Crippen molar-refractivity contribution < 1.29 is 17.7 Å². The SMILES string of the molecule is CNC(C)Cc1noc(-c2ccccc2-c2ccc(C(F)(F)F)cc2)n1. The van der Waals surface area contributed by atoms with Crippen LogP contribution in [0.5, 0.6) is 0 Å². The molecule has 1 heterocycles. The zero-order valence-corrected chi connectivity index (χ0v) is 14.3. The molecule has 4 nitrogen and oxygen atoms in total. The Labute approximate surface area is 149 Å². The van der Waals surface area contributed by atoms with E-state index in [0.717, 1.165) is 17.7 Å². The van der Waals surface area contributed by atoms with Gasteiger partial charge in [-0.3, -0.25) is 0 Å². The fourth-order valence-electron chi connectivity index (χ4n) is 2.58. The van der Waals surface area contributed by atoms with Crippen molar-refractivity contribution >= 4 is 0 Å². The van der Waals surface area contributed by atoms with Crippen LogP contribution in [0.15, 0.2) is 53.1 Å². The van der Waals surface area contributed by atoms with Crippen molar-refractivity contribution in [2.24, 2.45) is 0 Å². The van der Waals surface area contributed by atoms with Crippen LogP contribution >= 0.6 is 0 Å². The molecule has 0 aliphatic rings. The van der Waals surface area contributed by atoms with E-state index in [-0.39, 0.29) is 6.04 Å². The van der Waals surface area contributed by atoms with Crippen molar-refractivity contribution in [2.75, 3.05) is 7.05 Å². The number of alkyl halides is 3. The van der Waals surface area contributed by atoms with Gasteiger partial charge in [0.25, 0.3) is 5.89 Å². The molecule has 0 amide bonds. The molecule has 0 fully saturated rings. The molecule has 0 spiro atoms. The molecule has 3 aromatic rings. The van der Waals surface area contributed by atoms with E-state index in [9.17, 15) is 13.2 Å². The van der Waals surface area contributed by atoms with Gasteiger partial charge in [0.1, 0.15) is 0 Å². The lowest BCUT2D eigenvalue weighted by atomic mass is 9.98. The fraction of sp³-hybridized carbons (Fsp3) is 0.263.